The van der Waals surface area contributed by atoms with E-state index >= 15 is 0 Å². The van der Waals surface area contributed by atoms with E-state index in [4.69, 9.17) is 9.15 Å². The first kappa shape index (κ1) is 16.4. The summed E-state index contributed by atoms with van der Waals surface area (Å²) in [5.74, 6) is 1.45. The van der Waals surface area contributed by atoms with E-state index in [1.54, 1.807) is 18.5 Å². The lowest BCUT2D eigenvalue weighted by Crippen LogP contribution is -2.36. The monoisotopic (exact) mass is 352 g/mol. The van der Waals surface area contributed by atoms with Crippen LogP contribution in [-0.4, -0.2) is 38.5 Å². The van der Waals surface area contributed by atoms with Crippen molar-refractivity contribution < 1.29 is 13.9 Å². The molecule has 0 saturated carbocycles. The molecule has 0 aromatic carbocycles. The number of ether oxygens (including phenoxy) is 1. The molecule has 0 aliphatic carbocycles. The SMILES string of the molecule is O=C(Cc1ccco1)N1Cc2cncn2CC(COc2ccccn2)C1. The number of rotatable bonds is 5. The van der Waals surface area contributed by atoms with E-state index in [0.717, 1.165) is 12.2 Å². The van der Waals surface area contributed by atoms with Gasteiger partial charge in [-0.15, -0.1) is 0 Å². The van der Waals surface area contributed by atoms with Gasteiger partial charge in [0.15, 0.2) is 0 Å². The van der Waals surface area contributed by atoms with E-state index in [2.05, 4.69) is 14.5 Å². The first-order valence-electron chi connectivity index (χ1n) is 8.61. The zero-order valence-electron chi connectivity index (χ0n) is 14.3. The smallest absolute Gasteiger partial charge is 0.230 e. The van der Waals surface area contributed by atoms with Crippen molar-refractivity contribution in [3.8, 4) is 5.88 Å². The van der Waals surface area contributed by atoms with Crippen LogP contribution in [-0.2, 0) is 24.3 Å². The molecule has 0 spiro atoms. The number of hydrogen-bond acceptors (Lipinski definition) is 5. The summed E-state index contributed by atoms with van der Waals surface area (Å²) < 4.78 is 13.2. The maximum Gasteiger partial charge on any atom is 0.230 e. The third-order valence-corrected chi connectivity index (χ3v) is 4.45. The zero-order chi connectivity index (χ0) is 17.8. The van der Waals surface area contributed by atoms with Crippen LogP contribution in [0.2, 0.25) is 0 Å². The lowest BCUT2D eigenvalue weighted by Gasteiger charge is -2.24. The van der Waals surface area contributed by atoms with Crippen LogP contribution < -0.4 is 4.74 Å². The molecule has 1 atom stereocenters. The Bertz CT molecular complexity index is 845. The van der Waals surface area contributed by atoms with Gasteiger partial charge in [0.2, 0.25) is 11.8 Å². The number of fused-ring (bicyclic) bond motifs is 1. The molecule has 26 heavy (non-hydrogen) atoms. The van der Waals surface area contributed by atoms with Crippen LogP contribution in [0.15, 0.2) is 59.7 Å². The molecule has 1 aliphatic rings. The molecule has 4 rings (SSSR count). The van der Waals surface area contributed by atoms with Gasteiger partial charge in [0, 0.05) is 37.5 Å². The number of amides is 1. The van der Waals surface area contributed by atoms with Crippen molar-refractivity contribution >= 4 is 5.91 Å². The van der Waals surface area contributed by atoms with Crippen molar-refractivity contribution in [3.63, 3.8) is 0 Å². The Hall–Kier alpha value is -3.09. The number of nitrogens with zero attached hydrogens (tertiary/aromatic N) is 4. The normalized spacial score (nSPS) is 16.8. The van der Waals surface area contributed by atoms with Crippen LogP contribution >= 0.6 is 0 Å². The summed E-state index contributed by atoms with van der Waals surface area (Å²) in [4.78, 5) is 23.0. The van der Waals surface area contributed by atoms with Crippen molar-refractivity contribution in [3.05, 3.63) is 66.8 Å². The number of furan rings is 1. The molecule has 7 heteroatoms. The Morgan fingerprint density at radius 3 is 3.04 bits per heavy atom. The molecule has 1 amide bonds. The molecule has 3 aromatic rings. The molecule has 0 fully saturated rings. The van der Waals surface area contributed by atoms with Gasteiger partial charge < -0.3 is 18.6 Å². The van der Waals surface area contributed by atoms with Crippen molar-refractivity contribution in [2.45, 2.75) is 19.5 Å². The van der Waals surface area contributed by atoms with E-state index < -0.39 is 0 Å². The van der Waals surface area contributed by atoms with Gasteiger partial charge in [0.1, 0.15) is 5.76 Å². The molecular weight excluding hydrogens is 332 g/mol. The average Bonchev–Trinajstić information content (AvgIpc) is 3.29. The van der Waals surface area contributed by atoms with Gasteiger partial charge in [0.05, 0.1) is 37.9 Å². The van der Waals surface area contributed by atoms with Gasteiger partial charge in [-0.05, 0) is 18.2 Å². The van der Waals surface area contributed by atoms with E-state index in [-0.39, 0.29) is 18.2 Å². The molecule has 3 aromatic heterocycles. The fourth-order valence-electron chi connectivity index (χ4n) is 3.16. The fraction of sp³-hybridized carbons (Fsp3) is 0.316. The highest BCUT2D eigenvalue weighted by Crippen LogP contribution is 2.18. The van der Waals surface area contributed by atoms with Gasteiger partial charge in [-0.1, -0.05) is 6.07 Å². The Morgan fingerprint density at radius 1 is 1.27 bits per heavy atom. The molecular formula is C19H20N4O3. The lowest BCUT2D eigenvalue weighted by atomic mass is 10.1. The van der Waals surface area contributed by atoms with Crippen molar-refractivity contribution in [2.75, 3.05) is 13.2 Å². The molecule has 4 heterocycles. The molecule has 0 bridgehead atoms. The highest BCUT2D eigenvalue weighted by Gasteiger charge is 2.26. The minimum Gasteiger partial charge on any atom is -0.477 e. The summed E-state index contributed by atoms with van der Waals surface area (Å²) in [6, 6.07) is 9.19. The van der Waals surface area contributed by atoms with E-state index in [1.807, 2.05) is 41.7 Å². The first-order valence-corrected chi connectivity index (χ1v) is 8.61. The predicted octanol–water partition coefficient (Wildman–Crippen LogP) is 2.15. The van der Waals surface area contributed by atoms with E-state index in [9.17, 15) is 4.79 Å². The van der Waals surface area contributed by atoms with Gasteiger partial charge >= 0.3 is 0 Å². The summed E-state index contributed by atoms with van der Waals surface area (Å²) in [5.41, 5.74) is 1.03. The summed E-state index contributed by atoms with van der Waals surface area (Å²) in [6.07, 6.45) is 7.17. The third-order valence-electron chi connectivity index (χ3n) is 4.45. The number of pyridine rings is 1. The Balaban J connectivity index is 1.47. The molecule has 0 radical (unpaired) electrons. The van der Waals surface area contributed by atoms with E-state index in [1.165, 1.54) is 0 Å². The molecule has 1 aliphatic heterocycles. The fourth-order valence-corrected chi connectivity index (χ4v) is 3.16. The van der Waals surface area contributed by atoms with Crippen molar-refractivity contribution in [2.24, 2.45) is 5.92 Å². The average molecular weight is 352 g/mol. The molecule has 0 N–H and O–H groups in total. The summed E-state index contributed by atoms with van der Waals surface area (Å²) >= 11 is 0. The topological polar surface area (TPSA) is 73.4 Å². The molecule has 0 saturated heterocycles. The van der Waals surface area contributed by atoms with Crippen LogP contribution in [0.25, 0.3) is 0 Å². The number of aromatic nitrogens is 3. The summed E-state index contributed by atoms with van der Waals surface area (Å²) in [7, 11) is 0. The van der Waals surface area contributed by atoms with E-state index in [0.29, 0.717) is 31.3 Å². The Kier molecular flexibility index (Phi) is 4.68. The van der Waals surface area contributed by atoms with Crippen LogP contribution in [0.4, 0.5) is 0 Å². The van der Waals surface area contributed by atoms with Crippen LogP contribution in [0.5, 0.6) is 5.88 Å². The minimum atomic E-state index is 0.0393. The van der Waals surface area contributed by atoms with Gasteiger partial charge in [-0.2, -0.15) is 0 Å². The van der Waals surface area contributed by atoms with Crippen LogP contribution in [0.1, 0.15) is 11.5 Å². The first-order chi connectivity index (χ1) is 12.8. The highest BCUT2D eigenvalue weighted by atomic mass is 16.5. The highest BCUT2D eigenvalue weighted by molar-refractivity contribution is 5.78. The number of imidazole rings is 1. The molecule has 7 nitrogen and oxygen atoms in total. The molecule has 1 unspecified atom stereocenters. The summed E-state index contributed by atoms with van der Waals surface area (Å²) in [6.45, 7) is 2.40. The van der Waals surface area contributed by atoms with Gasteiger partial charge in [0.25, 0.3) is 0 Å². The second-order valence-electron chi connectivity index (χ2n) is 6.41. The van der Waals surface area contributed by atoms with Gasteiger partial charge in [-0.3, -0.25) is 4.79 Å². The minimum absolute atomic E-state index is 0.0393. The molecule has 134 valence electrons. The second kappa shape index (κ2) is 7.43. The zero-order valence-corrected chi connectivity index (χ0v) is 14.3. The largest absolute Gasteiger partial charge is 0.477 e. The standard InChI is InChI=1S/C19H20N4O3/c24-19(8-17-4-3-7-25-17)22-10-15(11-23-14-20-9-16(23)12-22)13-26-18-5-1-2-6-21-18/h1-7,9,14-15H,8,10-13H2. The van der Waals surface area contributed by atoms with Crippen molar-refractivity contribution in [1.29, 1.82) is 0 Å². The Labute approximate surface area is 151 Å². The Morgan fingerprint density at radius 2 is 2.23 bits per heavy atom. The predicted molar refractivity (Wildman–Crippen MR) is 93.3 cm³/mol. The van der Waals surface area contributed by atoms with Crippen LogP contribution in [0, 0.1) is 5.92 Å². The number of carbonyl (C=O) groups excluding carboxylic acids is 1. The maximum atomic E-state index is 12.8. The maximum absolute atomic E-state index is 12.8. The lowest BCUT2D eigenvalue weighted by molar-refractivity contribution is -0.132. The van der Waals surface area contributed by atoms with Crippen molar-refractivity contribution in [1.82, 2.24) is 19.4 Å². The summed E-state index contributed by atoms with van der Waals surface area (Å²) in [5, 5.41) is 0. The van der Waals surface area contributed by atoms with Gasteiger partial charge in [-0.25, -0.2) is 9.97 Å². The number of carbonyl (C=O) groups is 1. The third kappa shape index (κ3) is 3.77. The quantitative estimate of drug-likeness (QED) is 0.703. The second-order valence-corrected chi connectivity index (χ2v) is 6.41. The number of hydrogen-bond donors (Lipinski definition) is 0. The van der Waals surface area contributed by atoms with Crippen LogP contribution in [0.3, 0.4) is 0 Å².